The van der Waals surface area contributed by atoms with Crippen molar-refractivity contribution < 1.29 is 0 Å². The summed E-state index contributed by atoms with van der Waals surface area (Å²) >= 11 is 0. The van der Waals surface area contributed by atoms with Crippen LogP contribution < -0.4 is 5.32 Å². The van der Waals surface area contributed by atoms with E-state index in [1.807, 2.05) is 7.05 Å². The van der Waals surface area contributed by atoms with Crippen LogP contribution in [0, 0.1) is 0 Å². The molecule has 1 fully saturated rings. The number of nitrogens with zero attached hydrogens (tertiary/aromatic N) is 3. The van der Waals surface area contributed by atoms with E-state index in [1.54, 1.807) is 6.20 Å². The normalized spacial score (nSPS) is 20.2. The summed E-state index contributed by atoms with van der Waals surface area (Å²) in [6, 6.07) is 0. The van der Waals surface area contributed by atoms with Gasteiger partial charge in [0.2, 0.25) is 0 Å². The molecule has 1 saturated heterocycles. The summed E-state index contributed by atoms with van der Waals surface area (Å²) in [5.41, 5.74) is 0. The van der Waals surface area contributed by atoms with Gasteiger partial charge in [0.05, 0.1) is 0 Å². The summed E-state index contributed by atoms with van der Waals surface area (Å²) in [5.74, 6) is 0.920. The smallest absolute Gasteiger partial charge is 0.198 e. The molecule has 4 heteroatoms. The first-order chi connectivity index (χ1) is 6.27. The minimum absolute atomic E-state index is 0.920. The number of hydrogen-bond donors (Lipinski definition) is 1. The average Bonchev–Trinajstić information content (AvgIpc) is 2.16. The highest BCUT2D eigenvalue weighted by atomic mass is 15.3. The third-order valence-electron chi connectivity index (χ3n) is 2.24. The Kier molecular flexibility index (Phi) is 3.76. The second kappa shape index (κ2) is 4.87. The number of guanidine groups is 1. The largest absolute Gasteiger partial charge is 0.359 e. The zero-order chi connectivity index (χ0) is 9.68. The molecule has 0 atom stereocenters. The third kappa shape index (κ3) is 2.73. The van der Waals surface area contributed by atoms with Crippen molar-refractivity contribution >= 4 is 5.96 Å². The van der Waals surface area contributed by atoms with Crippen molar-refractivity contribution in [2.75, 3.05) is 40.3 Å². The second-order valence-electron chi connectivity index (χ2n) is 3.18. The van der Waals surface area contributed by atoms with E-state index in [0.717, 1.165) is 32.1 Å². The SMILES string of the molecule is C=C/N=C(\NC)N1CCN(C)CC1. The van der Waals surface area contributed by atoms with Crippen molar-refractivity contribution in [2.45, 2.75) is 0 Å². The van der Waals surface area contributed by atoms with Gasteiger partial charge in [-0.25, -0.2) is 4.99 Å². The molecule has 1 aliphatic rings. The predicted octanol–water partition coefficient (Wildman–Crippen LogP) is -0.0473. The molecular weight excluding hydrogens is 164 g/mol. The van der Waals surface area contributed by atoms with Gasteiger partial charge in [-0.2, -0.15) is 0 Å². The van der Waals surface area contributed by atoms with E-state index >= 15 is 0 Å². The zero-order valence-corrected chi connectivity index (χ0v) is 8.45. The Morgan fingerprint density at radius 1 is 1.38 bits per heavy atom. The van der Waals surface area contributed by atoms with Crippen molar-refractivity contribution in [3.63, 3.8) is 0 Å². The molecule has 1 aliphatic heterocycles. The van der Waals surface area contributed by atoms with Gasteiger partial charge in [-0.3, -0.25) is 0 Å². The molecule has 0 radical (unpaired) electrons. The van der Waals surface area contributed by atoms with Gasteiger partial charge >= 0.3 is 0 Å². The number of nitrogens with one attached hydrogen (secondary N) is 1. The molecule has 0 saturated carbocycles. The average molecular weight is 182 g/mol. The molecule has 13 heavy (non-hydrogen) atoms. The van der Waals surface area contributed by atoms with Gasteiger partial charge < -0.3 is 15.1 Å². The van der Waals surface area contributed by atoms with E-state index < -0.39 is 0 Å². The minimum atomic E-state index is 0.920. The summed E-state index contributed by atoms with van der Waals surface area (Å²) in [6.45, 7) is 7.85. The topological polar surface area (TPSA) is 30.9 Å². The van der Waals surface area contributed by atoms with Gasteiger partial charge in [0.25, 0.3) is 0 Å². The fourth-order valence-corrected chi connectivity index (χ4v) is 1.41. The first-order valence-electron chi connectivity index (χ1n) is 4.58. The van der Waals surface area contributed by atoms with E-state index in [0.29, 0.717) is 0 Å². The molecule has 0 spiro atoms. The molecule has 74 valence electrons. The van der Waals surface area contributed by atoms with Crippen LogP contribution in [-0.2, 0) is 0 Å². The molecule has 0 aromatic heterocycles. The standard InChI is InChI=1S/C9H18N4/c1-4-11-9(10-2)13-7-5-12(3)6-8-13/h4H,1,5-8H2,2-3H3,(H,10,11). The Hall–Kier alpha value is -1.03. The molecule has 0 amide bonds. The summed E-state index contributed by atoms with van der Waals surface area (Å²) in [6.07, 6.45) is 1.57. The summed E-state index contributed by atoms with van der Waals surface area (Å²) < 4.78 is 0. The lowest BCUT2D eigenvalue weighted by Gasteiger charge is -2.34. The fourth-order valence-electron chi connectivity index (χ4n) is 1.41. The lowest BCUT2D eigenvalue weighted by molar-refractivity contribution is 0.212. The Morgan fingerprint density at radius 2 is 2.00 bits per heavy atom. The molecule has 1 heterocycles. The molecule has 0 aromatic carbocycles. The van der Waals surface area contributed by atoms with E-state index in [9.17, 15) is 0 Å². The van der Waals surface area contributed by atoms with Gasteiger partial charge in [0.15, 0.2) is 5.96 Å². The van der Waals surface area contributed by atoms with Gasteiger partial charge in [-0.15, -0.1) is 0 Å². The van der Waals surface area contributed by atoms with Crippen molar-refractivity contribution in [3.8, 4) is 0 Å². The van der Waals surface area contributed by atoms with Crippen LogP contribution in [0.1, 0.15) is 0 Å². The van der Waals surface area contributed by atoms with Crippen molar-refractivity contribution in [2.24, 2.45) is 4.99 Å². The number of piperazine rings is 1. The van der Waals surface area contributed by atoms with Crippen LogP contribution in [0.4, 0.5) is 0 Å². The first kappa shape index (κ1) is 10.1. The van der Waals surface area contributed by atoms with Crippen LogP contribution in [0.2, 0.25) is 0 Å². The van der Waals surface area contributed by atoms with Crippen molar-refractivity contribution in [1.82, 2.24) is 15.1 Å². The van der Waals surface area contributed by atoms with Crippen LogP contribution in [0.15, 0.2) is 17.8 Å². The zero-order valence-electron chi connectivity index (χ0n) is 8.45. The highest BCUT2D eigenvalue weighted by Crippen LogP contribution is 1.99. The maximum Gasteiger partial charge on any atom is 0.198 e. The van der Waals surface area contributed by atoms with E-state index in [1.165, 1.54) is 0 Å². The summed E-state index contributed by atoms with van der Waals surface area (Å²) in [5, 5.41) is 3.07. The van der Waals surface area contributed by atoms with Crippen molar-refractivity contribution in [3.05, 3.63) is 12.8 Å². The number of likely N-dealkylation sites (N-methyl/N-ethyl adjacent to an activating group) is 1. The fraction of sp³-hybridized carbons (Fsp3) is 0.667. The molecule has 1 N–H and O–H groups in total. The number of aliphatic imine (C=N–C) groups is 1. The lowest BCUT2D eigenvalue weighted by Crippen LogP contribution is -2.50. The summed E-state index contributed by atoms with van der Waals surface area (Å²) in [4.78, 5) is 8.72. The highest BCUT2D eigenvalue weighted by molar-refractivity contribution is 5.80. The van der Waals surface area contributed by atoms with Crippen molar-refractivity contribution in [1.29, 1.82) is 0 Å². The molecule has 4 nitrogen and oxygen atoms in total. The second-order valence-corrected chi connectivity index (χ2v) is 3.18. The third-order valence-corrected chi connectivity index (χ3v) is 2.24. The van der Waals surface area contributed by atoms with Crippen LogP contribution in [-0.4, -0.2) is 56.0 Å². The molecule has 1 rings (SSSR count). The Bertz CT molecular complexity index is 192. The predicted molar refractivity (Wildman–Crippen MR) is 55.8 cm³/mol. The molecule has 0 aliphatic carbocycles. The van der Waals surface area contributed by atoms with Crippen LogP contribution in [0.3, 0.4) is 0 Å². The van der Waals surface area contributed by atoms with Crippen LogP contribution >= 0.6 is 0 Å². The molecule has 0 aromatic rings. The van der Waals surface area contributed by atoms with E-state index in [2.05, 4.69) is 33.7 Å². The minimum Gasteiger partial charge on any atom is -0.359 e. The van der Waals surface area contributed by atoms with Gasteiger partial charge in [0, 0.05) is 39.4 Å². The Balaban J connectivity index is 2.51. The Labute approximate surface area is 79.9 Å². The van der Waals surface area contributed by atoms with Gasteiger partial charge in [-0.1, -0.05) is 6.58 Å². The Morgan fingerprint density at radius 3 is 2.46 bits per heavy atom. The summed E-state index contributed by atoms with van der Waals surface area (Å²) in [7, 11) is 4.03. The van der Waals surface area contributed by atoms with Crippen LogP contribution in [0.25, 0.3) is 0 Å². The molecular formula is C9H18N4. The molecule has 0 unspecified atom stereocenters. The highest BCUT2D eigenvalue weighted by Gasteiger charge is 2.15. The number of hydrogen-bond acceptors (Lipinski definition) is 2. The van der Waals surface area contributed by atoms with E-state index in [-0.39, 0.29) is 0 Å². The van der Waals surface area contributed by atoms with Crippen LogP contribution in [0.5, 0.6) is 0 Å². The quantitative estimate of drug-likeness (QED) is 0.456. The maximum absolute atomic E-state index is 4.17. The monoisotopic (exact) mass is 182 g/mol. The lowest BCUT2D eigenvalue weighted by atomic mass is 10.3. The first-order valence-corrected chi connectivity index (χ1v) is 4.58. The van der Waals surface area contributed by atoms with Gasteiger partial charge in [-0.05, 0) is 7.05 Å². The van der Waals surface area contributed by atoms with Gasteiger partial charge in [0.1, 0.15) is 0 Å². The number of rotatable bonds is 1. The molecule has 0 bridgehead atoms. The van der Waals surface area contributed by atoms with E-state index in [4.69, 9.17) is 0 Å². The maximum atomic E-state index is 4.17.